The first-order valence-electron chi connectivity index (χ1n) is 5.96. The molecule has 0 radical (unpaired) electrons. The SMILES string of the molecule is Cc1cc(NCC(=O)NCC2CC2)nc(C)n1. The molecule has 1 aromatic heterocycles. The molecule has 1 fully saturated rings. The van der Waals surface area contributed by atoms with Crippen LogP contribution in [-0.4, -0.2) is 29.0 Å². The van der Waals surface area contributed by atoms with E-state index in [-0.39, 0.29) is 12.5 Å². The fourth-order valence-corrected chi connectivity index (χ4v) is 1.62. The molecular weight excluding hydrogens is 216 g/mol. The summed E-state index contributed by atoms with van der Waals surface area (Å²) in [6.07, 6.45) is 2.50. The smallest absolute Gasteiger partial charge is 0.239 e. The van der Waals surface area contributed by atoms with Gasteiger partial charge in [-0.25, -0.2) is 9.97 Å². The van der Waals surface area contributed by atoms with Crippen molar-refractivity contribution >= 4 is 11.7 Å². The Kier molecular flexibility index (Phi) is 3.56. The van der Waals surface area contributed by atoms with Crippen LogP contribution in [0.5, 0.6) is 0 Å². The predicted molar refractivity (Wildman–Crippen MR) is 65.7 cm³/mol. The topological polar surface area (TPSA) is 66.9 Å². The van der Waals surface area contributed by atoms with Crippen molar-refractivity contribution in [3.8, 4) is 0 Å². The van der Waals surface area contributed by atoms with Crippen LogP contribution >= 0.6 is 0 Å². The number of rotatable bonds is 5. The fraction of sp³-hybridized carbons (Fsp3) is 0.583. The highest BCUT2D eigenvalue weighted by Crippen LogP contribution is 2.27. The molecule has 1 aromatic rings. The van der Waals surface area contributed by atoms with Crippen molar-refractivity contribution < 1.29 is 4.79 Å². The summed E-state index contributed by atoms with van der Waals surface area (Å²) in [6.45, 7) is 4.82. The first kappa shape index (κ1) is 11.8. The molecule has 17 heavy (non-hydrogen) atoms. The van der Waals surface area contributed by atoms with Gasteiger partial charge in [-0.1, -0.05) is 0 Å². The molecule has 2 N–H and O–H groups in total. The van der Waals surface area contributed by atoms with Gasteiger partial charge in [0.15, 0.2) is 0 Å². The van der Waals surface area contributed by atoms with Crippen molar-refractivity contribution in [3.63, 3.8) is 0 Å². The van der Waals surface area contributed by atoms with Gasteiger partial charge in [0.2, 0.25) is 5.91 Å². The molecule has 0 unspecified atom stereocenters. The summed E-state index contributed by atoms with van der Waals surface area (Å²) in [5.74, 6) is 2.15. The lowest BCUT2D eigenvalue weighted by Crippen LogP contribution is -2.31. The zero-order valence-corrected chi connectivity index (χ0v) is 10.3. The molecular formula is C12H18N4O. The first-order chi connectivity index (χ1) is 8.13. The molecule has 1 amide bonds. The third-order valence-corrected chi connectivity index (χ3v) is 2.68. The lowest BCUT2D eigenvalue weighted by Gasteiger charge is -2.07. The van der Waals surface area contributed by atoms with Crippen LogP contribution in [0.3, 0.4) is 0 Å². The molecule has 0 aromatic carbocycles. The standard InChI is InChI=1S/C12H18N4O/c1-8-5-11(16-9(2)15-8)13-7-12(17)14-6-10-3-4-10/h5,10H,3-4,6-7H2,1-2H3,(H,14,17)(H,13,15,16). The number of carbonyl (C=O) groups is 1. The van der Waals surface area contributed by atoms with E-state index in [4.69, 9.17) is 0 Å². The van der Waals surface area contributed by atoms with Crippen LogP contribution in [0, 0.1) is 19.8 Å². The van der Waals surface area contributed by atoms with Crippen LogP contribution < -0.4 is 10.6 Å². The molecule has 0 spiro atoms. The number of carbonyl (C=O) groups excluding carboxylic acids is 1. The van der Waals surface area contributed by atoms with Gasteiger partial charge in [0.05, 0.1) is 6.54 Å². The molecule has 1 heterocycles. The minimum atomic E-state index is 0.0193. The molecule has 1 saturated carbocycles. The van der Waals surface area contributed by atoms with E-state index >= 15 is 0 Å². The van der Waals surface area contributed by atoms with E-state index in [1.165, 1.54) is 12.8 Å². The molecule has 5 nitrogen and oxygen atoms in total. The van der Waals surface area contributed by atoms with Crippen molar-refractivity contribution in [2.24, 2.45) is 5.92 Å². The quantitative estimate of drug-likeness (QED) is 0.798. The van der Waals surface area contributed by atoms with Gasteiger partial charge in [0, 0.05) is 18.3 Å². The molecule has 1 aliphatic rings. The Morgan fingerprint density at radius 3 is 2.82 bits per heavy atom. The Hall–Kier alpha value is -1.65. The summed E-state index contributed by atoms with van der Waals surface area (Å²) in [4.78, 5) is 19.9. The van der Waals surface area contributed by atoms with Crippen molar-refractivity contribution in [2.45, 2.75) is 26.7 Å². The minimum Gasteiger partial charge on any atom is -0.361 e. The normalized spacial score (nSPS) is 14.5. The van der Waals surface area contributed by atoms with Crippen molar-refractivity contribution in [1.82, 2.24) is 15.3 Å². The Balaban J connectivity index is 1.77. The molecule has 1 aliphatic carbocycles. The Labute approximate surface area is 101 Å². The van der Waals surface area contributed by atoms with Gasteiger partial charge in [-0.2, -0.15) is 0 Å². The average molecular weight is 234 g/mol. The highest BCUT2D eigenvalue weighted by Gasteiger charge is 2.21. The third-order valence-electron chi connectivity index (χ3n) is 2.68. The van der Waals surface area contributed by atoms with Crippen LogP contribution in [0.15, 0.2) is 6.07 Å². The summed E-state index contributed by atoms with van der Waals surface area (Å²) in [5.41, 5.74) is 0.901. The summed E-state index contributed by atoms with van der Waals surface area (Å²) in [5, 5.41) is 5.91. The van der Waals surface area contributed by atoms with Gasteiger partial charge < -0.3 is 10.6 Å². The molecule has 2 rings (SSSR count). The predicted octanol–water partition coefficient (Wildman–Crippen LogP) is 1.03. The van der Waals surface area contributed by atoms with Crippen molar-refractivity contribution in [2.75, 3.05) is 18.4 Å². The number of aryl methyl sites for hydroxylation is 2. The lowest BCUT2D eigenvalue weighted by atomic mass is 10.4. The zero-order chi connectivity index (χ0) is 12.3. The number of nitrogens with one attached hydrogen (secondary N) is 2. The third kappa shape index (κ3) is 4.01. The molecule has 5 heteroatoms. The van der Waals surface area contributed by atoms with Gasteiger partial charge in [0.1, 0.15) is 11.6 Å². The van der Waals surface area contributed by atoms with Gasteiger partial charge in [-0.05, 0) is 32.6 Å². The maximum Gasteiger partial charge on any atom is 0.239 e. The van der Waals surface area contributed by atoms with Gasteiger partial charge in [0.25, 0.3) is 0 Å². The minimum absolute atomic E-state index is 0.0193. The second-order valence-corrected chi connectivity index (χ2v) is 4.54. The Morgan fingerprint density at radius 2 is 2.18 bits per heavy atom. The average Bonchev–Trinajstić information content (AvgIpc) is 3.06. The second kappa shape index (κ2) is 5.12. The molecule has 0 bridgehead atoms. The zero-order valence-electron chi connectivity index (χ0n) is 10.3. The molecule has 0 atom stereocenters. The summed E-state index contributed by atoms with van der Waals surface area (Å²) in [6, 6.07) is 1.83. The summed E-state index contributed by atoms with van der Waals surface area (Å²) >= 11 is 0. The van der Waals surface area contributed by atoms with Crippen LogP contribution in [-0.2, 0) is 4.79 Å². The largest absolute Gasteiger partial charge is 0.361 e. The Morgan fingerprint density at radius 1 is 1.41 bits per heavy atom. The second-order valence-electron chi connectivity index (χ2n) is 4.54. The van der Waals surface area contributed by atoms with Crippen LogP contribution in [0.25, 0.3) is 0 Å². The maximum atomic E-state index is 11.5. The highest BCUT2D eigenvalue weighted by molar-refractivity contribution is 5.80. The number of hydrogen-bond acceptors (Lipinski definition) is 4. The van der Waals surface area contributed by atoms with E-state index in [1.807, 2.05) is 19.9 Å². The number of nitrogens with zero attached hydrogens (tertiary/aromatic N) is 2. The van der Waals surface area contributed by atoms with E-state index in [9.17, 15) is 4.79 Å². The van der Waals surface area contributed by atoms with Crippen molar-refractivity contribution in [1.29, 1.82) is 0 Å². The maximum absolute atomic E-state index is 11.5. The van der Waals surface area contributed by atoms with E-state index in [1.54, 1.807) is 0 Å². The van der Waals surface area contributed by atoms with E-state index < -0.39 is 0 Å². The highest BCUT2D eigenvalue weighted by atomic mass is 16.1. The molecule has 0 aliphatic heterocycles. The number of anilines is 1. The lowest BCUT2D eigenvalue weighted by molar-refractivity contribution is -0.119. The molecule has 92 valence electrons. The van der Waals surface area contributed by atoms with E-state index in [0.29, 0.717) is 17.6 Å². The number of amides is 1. The number of aromatic nitrogens is 2. The van der Waals surface area contributed by atoms with Crippen LogP contribution in [0.1, 0.15) is 24.4 Å². The number of hydrogen-bond donors (Lipinski definition) is 2. The monoisotopic (exact) mass is 234 g/mol. The van der Waals surface area contributed by atoms with E-state index in [2.05, 4.69) is 20.6 Å². The fourth-order valence-electron chi connectivity index (χ4n) is 1.62. The summed E-state index contributed by atoms with van der Waals surface area (Å²) in [7, 11) is 0. The van der Waals surface area contributed by atoms with E-state index in [0.717, 1.165) is 12.2 Å². The van der Waals surface area contributed by atoms with Gasteiger partial charge in [-0.3, -0.25) is 4.79 Å². The Bertz CT molecular complexity index is 395. The van der Waals surface area contributed by atoms with Gasteiger partial charge >= 0.3 is 0 Å². The van der Waals surface area contributed by atoms with Gasteiger partial charge in [-0.15, -0.1) is 0 Å². The van der Waals surface area contributed by atoms with Crippen molar-refractivity contribution in [3.05, 3.63) is 17.6 Å². The summed E-state index contributed by atoms with van der Waals surface area (Å²) < 4.78 is 0. The molecule has 0 saturated heterocycles. The first-order valence-corrected chi connectivity index (χ1v) is 5.96. The van der Waals surface area contributed by atoms with Crippen LogP contribution in [0.4, 0.5) is 5.82 Å². The van der Waals surface area contributed by atoms with Crippen LogP contribution in [0.2, 0.25) is 0 Å².